The fourth-order valence-corrected chi connectivity index (χ4v) is 2.83. The van der Waals surface area contributed by atoms with Gasteiger partial charge in [0.1, 0.15) is 5.82 Å². The highest BCUT2D eigenvalue weighted by molar-refractivity contribution is 5.81. The number of carbonyl (C=O) groups is 1. The smallest absolute Gasteiger partial charge is 0.237 e. The highest BCUT2D eigenvalue weighted by Gasteiger charge is 2.20. The molecule has 0 spiro atoms. The molecule has 130 valence electrons. The fourth-order valence-electron chi connectivity index (χ4n) is 2.83. The van der Waals surface area contributed by atoms with Crippen molar-refractivity contribution in [2.75, 3.05) is 7.05 Å². The zero-order valence-electron chi connectivity index (χ0n) is 14.9. The van der Waals surface area contributed by atoms with E-state index in [0.29, 0.717) is 13.1 Å². The van der Waals surface area contributed by atoms with Crippen LogP contribution in [0.25, 0.3) is 11.0 Å². The van der Waals surface area contributed by atoms with Gasteiger partial charge < -0.3 is 9.88 Å². The molecule has 5 nitrogen and oxygen atoms in total. The summed E-state index contributed by atoms with van der Waals surface area (Å²) in [7, 11) is 3.96. The van der Waals surface area contributed by atoms with Gasteiger partial charge in [0.15, 0.2) is 0 Å². The van der Waals surface area contributed by atoms with Gasteiger partial charge in [-0.3, -0.25) is 9.69 Å². The van der Waals surface area contributed by atoms with Crippen molar-refractivity contribution >= 4 is 16.9 Å². The molecule has 3 aromatic rings. The third-order valence-corrected chi connectivity index (χ3v) is 4.62. The van der Waals surface area contributed by atoms with Gasteiger partial charge in [0, 0.05) is 13.6 Å². The third-order valence-electron chi connectivity index (χ3n) is 4.62. The number of nitrogens with one attached hydrogen (secondary N) is 1. The van der Waals surface area contributed by atoms with Crippen LogP contribution >= 0.6 is 0 Å². The van der Waals surface area contributed by atoms with Gasteiger partial charge in [-0.2, -0.15) is 0 Å². The molecule has 1 heterocycles. The zero-order chi connectivity index (χ0) is 17.8. The van der Waals surface area contributed by atoms with Crippen molar-refractivity contribution in [1.82, 2.24) is 19.8 Å². The molecule has 1 atom stereocenters. The number of amides is 1. The van der Waals surface area contributed by atoms with Crippen molar-refractivity contribution in [2.45, 2.75) is 26.1 Å². The number of hydrogen-bond acceptors (Lipinski definition) is 3. The molecule has 0 saturated carbocycles. The molecule has 1 amide bonds. The number of carbonyl (C=O) groups excluding carboxylic acids is 1. The summed E-state index contributed by atoms with van der Waals surface area (Å²) >= 11 is 0. The van der Waals surface area contributed by atoms with Crippen LogP contribution in [0.3, 0.4) is 0 Å². The van der Waals surface area contributed by atoms with E-state index in [4.69, 9.17) is 0 Å². The van der Waals surface area contributed by atoms with Crippen molar-refractivity contribution in [3.63, 3.8) is 0 Å². The first kappa shape index (κ1) is 17.2. The minimum Gasteiger partial charge on any atom is -0.351 e. The molecule has 0 aliphatic heterocycles. The molecule has 2 aromatic carbocycles. The Kier molecular flexibility index (Phi) is 5.14. The average Bonchev–Trinajstić information content (AvgIpc) is 2.96. The lowest BCUT2D eigenvalue weighted by atomic mass is 10.2. The van der Waals surface area contributed by atoms with E-state index in [0.717, 1.165) is 22.4 Å². The molecule has 0 radical (unpaired) electrons. The van der Waals surface area contributed by atoms with Gasteiger partial charge in [0.05, 0.1) is 23.6 Å². The number of likely N-dealkylation sites (N-methyl/N-ethyl adjacent to an activating group) is 1. The Hall–Kier alpha value is -2.66. The van der Waals surface area contributed by atoms with Crippen molar-refractivity contribution in [3.05, 3.63) is 66.0 Å². The van der Waals surface area contributed by atoms with Gasteiger partial charge in [-0.15, -0.1) is 0 Å². The molecule has 0 saturated heterocycles. The topological polar surface area (TPSA) is 50.2 Å². The summed E-state index contributed by atoms with van der Waals surface area (Å²) in [6, 6.07) is 17.8. The van der Waals surface area contributed by atoms with Crippen molar-refractivity contribution in [1.29, 1.82) is 0 Å². The summed E-state index contributed by atoms with van der Waals surface area (Å²) in [5.74, 6) is 0.969. The first-order valence-corrected chi connectivity index (χ1v) is 8.48. The summed E-state index contributed by atoms with van der Waals surface area (Å²) in [6.45, 7) is 3.08. The molecule has 0 aliphatic carbocycles. The highest BCUT2D eigenvalue weighted by atomic mass is 16.2. The lowest BCUT2D eigenvalue weighted by molar-refractivity contribution is -0.125. The Morgan fingerprint density at radius 2 is 1.84 bits per heavy atom. The minimum absolute atomic E-state index is 0.0186. The minimum atomic E-state index is -0.233. The SMILES string of the molecule is C[C@H](C(=O)NCc1ccccc1)N(C)Cc1nc2ccccc2n1C. The molecule has 0 aliphatic rings. The summed E-state index contributed by atoms with van der Waals surface area (Å²) in [5.41, 5.74) is 3.18. The molecule has 25 heavy (non-hydrogen) atoms. The maximum atomic E-state index is 12.4. The van der Waals surface area contributed by atoms with E-state index in [1.165, 1.54) is 0 Å². The molecule has 0 unspecified atom stereocenters. The van der Waals surface area contributed by atoms with Crippen LogP contribution < -0.4 is 5.32 Å². The average molecular weight is 336 g/mol. The number of imidazole rings is 1. The summed E-state index contributed by atoms with van der Waals surface area (Å²) in [4.78, 5) is 19.1. The van der Waals surface area contributed by atoms with E-state index in [1.807, 2.05) is 74.4 Å². The van der Waals surface area contributed by atoms with Gasteiger partial charge in [-0.05, 0) is 31.7 Å². The van der Waals surface area contributed by atoms with Gasteiger partial charge in [0.2, 0.25) is 5.91 Å². The van der Waals surface area contributed by atoms with E-state index >= 15 is 0 Å². The van der Waals surface area contributed by atoms with Crippen LogP contribution in [-0.2, 0) is 24.9 Å². The number of aromatic nitrogens is 2. The number of para-hydroxylation sites is 2. The van der Waals surface area contributed by atoms with Crippen LogP contribution in [0.1, 0.15) is 18.3 Å². The molecular formula is C20H24N4O. The highest BCUT2D eigenvalue weighted by Crippen LogP contribution is 2.16. The first-order chi connectivity index (χ1) is 12.1. The molecule has 5 heteroatoms. The van der Waals surface area contributed by atoms with Crippen LogP contribution in [-0.4, -0.2) is 33.4 Å². The van der Waals surface area contributed by atoms with Crippen LogP contribution in [0.2, 0.25) is 0 Å². The summed E-state index contributed by atoms with van der Waals surface area (Å²) in [5, 5.41) is 3.00. The largest absolute Gasteiger partial charge is 0.351 e. The van der Waals surface area contributed by atoms with Crippen LogP contribution in [0.15, 0.2) is 54.6 Å². The quantitative estimate of drug-likeness (QED) is 0.753. The standard InChI is InChI=1S/C20H24N4O/c1-15(20(25)21-13-16-9-5-4-6-10-16)23(2)14-19-22-17-11-7-8-12-18(17)24(19)3/h4-12,15H,13-14H2,1-3H3,(H,21,25)/t15-/m1/s1. The van der Waals surface area contributed by atoms with Crippen molar-refractivity contribution in [2.24, 2.45) is 7.05 Å². The summed E-state index contributed by atoms with van der Waals surface area (Å²) < 4.78 is 2.08. The lowest BCUT2D eigenvalue weighted by Gasteiger charge is -2.23. The Morgan fingerprint density at radius 3 is 2.56 bits per heavy atom. The Bertz CT molecular complexity index is 857. The predicted molar refractivity (Wildman–Crippen MR) is 99.9 cm³/mol. The fraction of sp³-hybridized carbons (Fsp3) is 0.300. The molecule has 1 N–H and O–H groups in total. The molecule has 0 fully saturated rings. The molecule has 0 bridgehead atoms. The zero-order valence-corrected chi connectivity index (χ0v) is 14.9. The third kappa shape index (κ3) is 3.88. The maximum absolute atomic E-state index is 12.4. The molecule has 1 aromatic heterocycles. The Labute approximate surface area is 148 Å². The Balaban J connectivity index is 1.62. The van der Waals surface area contributed by atoms with Crippen LogP contribution in [0.4, 0.5) is 0 Å². The number of nitrogens with zero attached hydrogens (tertiary/aromatic N) is 3. The monoisotopic (exact) mass is 336 g/mol. The van der Waals surface area contributed by atoms with Gasteiger partial charge in [-0.1, -0.05) is 42.5 Å². The second-order valence-electron chi connectivity index (χ2n) is 6.37. The van der Waals surface area contributed by atoms with E-state index < -0.39 is 0 Å². The van der Waals surface area contributed by atoms with Gasteiger partial charge in [-0.25, -0.2) is 4.98 Å². The van der Waals surface area contributed by atoms with Crippen molar-refractivity contribution < 1.29 is 4.79 Å². The second kappa shape index (κ2) is 7.49. The molecular weight excluding hydrogens is 312 g/mol. The first-order valence-electron chi connectivity index (χ1n) is 8.48. The van der Waals surface area contributed by atoms with Gasteiger partial charge in [0.25, 0.3) is 0 Å². The lowest BCUT2D eigenvalue weighted by Crippen LogP contribution is -2.42. The number of benzene rings is 2. The van der Waals surface area contributed by atoms with Gasteiger partial charge >= 0.3 is 0 Å². The van der Waals surface area contributed by atoms with E-state index in [9.17, 15) is 4.79 Å². The van der Waals surface area contributed by atoms with Crippen LogP contribution in [0.5, 0.6) is 0 Å². The summed E-state index contributed by atoms with van der Waals surface area (Å²) in [6.07, 6.45) is 0. The predicted octanol–water partition coefficient (Wildman–Crippen LogP) is 2.71. The Morgan fingerprint density at radius 1 is 1.16 bits per heavy atom. The number of aryl methyl sites for hydroxylation is 1. The van der Waals surface area contributed by atoms with Crippen LogP contribution in [0, 0.1) is 0 Å². The number of hydrogen-bond donors (Lipinski definition) is 1. The normalized spacial score (nSPS) is 12.5. The van der Waals surface area contributed by atoms with E-state index in [-0.39, 0.29) is 11.9 Å². The number of rotatable bonds is 6. The maximum Gasteiger partial charge on any atom is 0.237 e. The van der Waals surface area contributed by atoms with E-state index in [2.05, 4.69) is 20.9 Å². The number of fused-ring (bicyclic) bond motifs is 1. The van der Waals surface area contributed by atoms with E-state index in [1.54, 1.807) is 0 Å². The molecule has 3 rings (SSSR count). The van der Waals surface area contributed by atoms with Crippen molar-refractivity contribution in [3.8, 4) is 0 Å². The second-order valence-corrected chi connectivity index (χ2v) is 6.37.